The third kappa shape index (κ3) is 4.55. The predicted octanol–water partition coefficient (Wildman–Crippen LogP) is 3.26. The van der Waals surface area contributed by atoms with Crippen LogP contribution >= 0.6 is 0 Å². The monoisotopic (exact) mass is 355 g/mol. The van der Waals surface area contributed by atoms with E-state index in [4.69, 9.17) is 9.47 Å². The Bertz CT molecular complexity index is 732. The van der Waals surface area contributed by atoms with Gasteiger partial charge >= 0.3 is 0 Å². The minimum Gasteiger partial charge on any atom is -0.507 e. The Hall–Kier alpha value is -2.53. The minimum absolute atomic E-state index is 0.0387. The molecule has 1 unspecified atom stereocenters. The third-order valence-corrected chi connectivity index (χ3v) is 4.70. The van der Waals surface area contributed by atoms with Crippen LogP contribution in [0.3, 0.4) is 0 Å². The molecule has 0 radical (unpaired) electrons. The summed E-state index contributed by atoms with van der Waals surface area (Å²) in [6.07, 6.45) is 2.97. The van der Waals surface area contributed by atoms with Gasteiger partial charge in [-0.2, -0.15) is 0 Å². The number of aromatic hydroxyl groups is 1. The molecule has 1 atom stereocenters. The van der Waals surface area contributed by atoms with Crippen molar-refractivity contribution in [1.82, 2.24) is 4.90 Å². The van der Waals surface area contributed by atoms with Crippen molar-refractivity contribution >= 4 is 5.91 Å². The van der Waals surface area contributed by atoms with Gasteiger partial charge < -0.3 is 19.5 Å². The maximum atomic E-state index is 12.7. The average molecular weight is 355 g/mol. The molecule has 1 fully saturated rings. The molecule has 0 saturated carbocycles. The molecular formula is C21H25NO4. The van der Waals surface area contributed by atoms with Gasteiger partial charge in [0, 0.05) is 19.2 Å². The number of morpholine rings is 1. The molecule has 1 heterocycles. The zero-order valence-electron chi connectivity index (χ0n) is 15.1. The number of rotatable bonds is 6. The highest BCUT2D eigenvalue weighted by Gasteiger charge is 2.26. The SMILES string of the molecule is COc1ccc(C(=O)N2CCOC(CCCc3ccccc3)C2)c(O)c1. The van der Waals surface area contributed by atoms with E-state index in [2.05, 4.69) is 12.1 Å². The van der Waals surface area contributed by atoms with E-state index in [-0.39, 0.29) is 17.8 Å². The summed E-state index contributed by atoms with van der Waals surface area (Å²) in [6, 6.07) is 15.1. The molecule has 0 bridgehead atoms. The second-order valence-electron chi connectivity index (χ2n) is 6.50. The first-order chi connectivity index (χ1) is 12.7. The van der Waals surface area contributed by atoms with Gasteiger partial charge in [0.05, 0.1) is 25.4 Å². The number of hydrogen-bond donors (Lipinski definition) is 1. The Morgan fingerprint density at radius 2 is 2.08 bits per heavy atom. The van der Waals surface area contributed by atoms with Gasteiger partial charge in [-0.1, -0.05) is 30.3 Å². The van der Waals surface area contributed by atoms with Gasteiger partial charge in [-0.25, -0.2) is 0 Å². The van der Waals surface area contributed by atoms with Crippen molar-refractivity contribution < 1.29 is 19.4 Å². The van der Waals surface area contributed by atoms with E-state index in [1.807, 2.05) is 18.2 Å². The molecule has 0 spiro atoms. The minimum atomic E-state index is -0.165. The number of aryl methyl sites for hydroxylation is 1. The van der Waals surface area contributed by atoms with E-state index in [1.165, 1.54) is 18.7 Å². The van der Waals surface area contributed by atoms with Crippen LogP contribution in [-0.4, -0.2) is 48.8 Å². The lowest BCUT2D eigenvalue weighted by Gasteiger charge is -2.33. The lowest BCUT2D eigenvalue weighted by atomic mass is 10.0. The highest BCUT2D eigenvalue weighted by Crippen LogP contribution is 2.25. The second kappa shape index (κ2) is 8.72. The smallest absolute Gasteiger partial charge is 0.257 e. The molecule has 1 aliphatic rings. The van der Waals surface area contributed by atoms with E-state index >= 15 is 0 Å². The van der Waals surface area contributed by atoms with E-state index < -0.39 is 0 Å². The fourth-order valence-corrected chi connectivity index (χ4v) is 3.25. The van der Waals surface area contributed by atoms with Crippen LogP contribution in [0.2, 0.25) is 0 Å². The quantitative estimate of drug-likeness (QED) is 0.864. The summed E-state index contributed by atoms with van der Waals surface area (Å²) < 4.78 is 10.9. The summed E-state index contributed by atoms with van der Waals surface area (Å²) in [4.78, 5) is 14.5. The molecule has 5 nitrogen and oxygen atoms in total. The van der Waals surface area contributed by atoms with Crippen LogP contribution in [0.15, 0.2) is 48.5 Å². The number of carbonyl (C=O) groups is 1. The Labute approximate surface area is 154 Å². The van der Waals surface area contributed by atoms with Crippen molar-refractivity contribution in [3.05, 3.63) is 59.7 Å². The fourth-order valence-electron chi connectivity index (χ4n) is 3.25. The average Bonchev–Trinajstić information content (AvgIpc) is 2.68. The van der Waals surface area contributed by atoms with Gasteiger partial charge in [-0.05, 0) is 37.0 Å². The molecule has 26 heavy (non-hydrogen) atoms. The van der Waals surface area contributed by atoms with Crippen molar-refractivity contribution in [1.29, 1.82) is 0 Å². The maximum Gasteiger partial charge on any atom is 0.257 e. The summed E-state index contributed by atoms with van der Waals surface area (Å²) in [5.41, 5.74) is 1.62. The summed E-state index contributed by atoms with van der Waals surface area (Å²) >= 11 is 0. The first-order valence-corrected chi connectivity index (χ1v) is 8.99. The molecular weight excluding hydrogens is 330 g/mol. The molecule has 1 aliphatic heterocycles. The summed E-state index contributed by atoms with van der Waals surface area (Å²) in [6.45, 7) is 1.62. The largest absolute Gasteiger partial charge is 0.507 e. The molecule has 1 N–H and O–H groups in total. The molecule has 1 amide bonds. The van der Waals surface area contributed by atoms with Gasteiger partial charge in [0.1, 0.15) is 11.5 Å². The van der Waals surface area contributed by atoms with Crippen LogP contribution in [0.5, 0.6) is 11.5 Å². The van der Waals surface area contributed by atoms with E-state index in [0.29, 0.717) is 31.0 Å². The molecule has 0 aliphatic carbocycles. The van der Waals surface area contributed by atoms with Gasteiger partial charge in [-0.3, -0.25) is 4.79 Å². The van der Waals surface area contributed by atoms with Crippen LogP contribution < -0.4 is 4.74 Å². The number of hydrogen-bond acceptors (Lipinski definition) is 4. The lowest BCUT2D eigenvalue weighted by molar-refractivity contribution is -0.0255. The number of methoxy groups -OCH3 is 1. The standard InChI is InChI=1S/C21H25NO4/c1-25-17-10-11-19(20(23)14-17)21(24)22-12-13-26-18(15-22)9-5-8-16-6-3-2-4-7-16/h2-4,6-7,10-11,14,18,23H,5,8-9,12-13,15H2,1H3. The van der Waals surface area contributed by atoms with Crippen LogP contribution in [0.1, 0.15) is 28.8 Å². The van der Waals surface area contributed by atoms with E-state index in [9.17, 15) is 9.90 Å². The number of phenols is 1. The van der Waals surface area contributed by atoms with E-state index in [0.717, 1.165) is 19.3 Å². The first kappa shape index (κ1) is 18.3. The molecule has 2 aromatic carbocycles. The van der Waals surface area contributed by atoms with Crippen molar-refractivity contribution in [2.75, 3.05) is 26.8 Å². The summed E-state index contributed by atoms with van der Waals surface area (Å²) in [5.74, 6) is 0.308. The van der Waals surface area contributed by atoms with Crippen molar-refractivity contribution in [2.45, 2.75) is 25.4 Å². The van der Waals surface area contributed by atoms with Crippen molar-refractivity contribution in [3.63, 3.8) is 0 Å². The summed E-state index contributed by atoms with van der Waals surface area (Å²) in [7, 11) is 1.53. The van der Waals surface area contributed by atoms with Gasteiger partial charge in [0.25, 0.3) is 5.91 Å². The molecule has 138 valence electrons. The van der Waals surface area contributed by atoms with Crippen molar-refractivity contribution in [3.8, 4) is 11.5 Å². The van der Waals surface area contributed by atoms with Crippen LogP contribution in [-0.2, 0) is 11.2 Å². The fraction of sp³-hybridized carbons (Fsp3) is 0.381. The molecule has 2 aromatic rings. The number of carbonyl (C=O) groups excluding carboxylic acids is 1. The number of nitrogens with zero attached hydrogens (tertiary/aromatic N) is 1. The van der Waals surface area contributed by atoms with Crippen molar-refractivity contribution in [2.24, 2.45) is 0 Å². The normalized spacial score (nSPS) is 17.1. The second-order valence-corrected chi connectivity index (χ2v) is 6.50. The van der Waals surface area contributed by atoms with Crippen LogP contribution in [0, 0.1) is 0 Å². The molecule has 0 aromatic heterocycles. The molecule has 1 saturated heterocycles. The number of benzene rings is 2. The third-order valence-electron chi connectivity index (χ3n) is 4.70. The van der Waals surface area contributed by atoms with Crippen LogP contribution in [0.25, 0.3) is 0 Å². The number of phenolic OH excluding ortho intramolecular Hbond substituents is 1. The van der Waals surface area contributed by atoms with Crippen LogP contribution in [0.4, 0.5) is 0 Å². The number of amides is 1. The Kier molecular flexibility index (Phi) is 6.12. The zero-order chi connectivity index (χ0) is 18.4. The number of ether oxygens (including phenoxy) is 2. The van der Waals surface area contributed by atoms with Gasteiger partial charge in [0.2, 0.25) is 0 Å². The topological polar surface area (TPSA) is 59.0 Å². The Balaban J connectivity index is 1.55. The zero-order valence-corrected chi connectivity index (χ0v) is 15.1. The molecule has 3 rings (SSSR count). The van der Waals surface area contributed by atoms with Gasteiger partial charge in [0.15, 0.2) is 0 Å². The highest BCUT2D eigenvalue weighted by molar-refractivity contribution is 5.97. The van der Waals surface area contributed by atoms with Gasteiger partial charge in [-0.15, -0.1) is 0 Å². The predicted molar refractivity (Wildman–Crippen MR) is 99.7 cm³/mol. The first-order valence-electron chi connectivity index (χ1n) is 8.99. The summed E-state index contributed by atoms with van der Waals surface area (Å²) in [5, 5.41) is 10.1. The highest BCUT2D eigenvalue weighted by atomic mass is 16.5. The lowest BCUT2D eigenvalue weighted by Crippen LogP contribution is -2.45. The Morgan fingerprint density at radius 3 is 2.81 bits per heavy atom. The molecule has 5 heteroatoms. The Morgan fingerprint density at radius 1 is 1.27 bits per heavy atom. The van der Waals surface area contributed by atoms with E-state index in [1.54, 1.807) is 17.0 Å². The maximum absolute atomic E-state index is 12.7.